The first-order chi connectivity index (χ1) is 10.3. The van der Waals surface area contributed by atoms with Crippen LogP contribution in [-0.4, -0.2) is 25.3 Å². The van der Waals surface area contributed by atoms with Crippen LogP contribution < -0.4 is 5.32 Å². The molecule has 1 aromatic carbocycles. The van der Waals surface area contributed by atoms with Crippen LogP contribution in [-0.2, 0) is 0 Å². The second-order valence-corrected chi connectivity index (χ2v) is 4.80. The summed E-state index contributed by atoms with van der Waals surface area (Å²) in [7, 11) is 0. The van der Waals surface area contributed by atoms with E-state index in [1.807, 2.05) is 43.3 Å². The van der Waals surface area contributed by atoms with Crippen LogP contribution in [0, 0.1) is 0 Å². The van der Waals surface area contributed by atoms with Crippen molar-refractivity contribution >= 4 is 22.4 Å². The van der Waals surface area contributed by atoms with Gasteiger partial charge in [-0.2, -0.15) is 0 Å². The van der Waals surface area contributed by atoms with Gasteiger partial charge in [0, 0.05) is 5.39 Å². The second kappa shape index (κ2) is 4.55. The summed E-state index contributed by atoms with van der Waals surface area (Å²) < 4.78 is 7.22. The molecule has 0 saturated heterocycles. The maximum absolute atomic E-state index is 5.84. The average molecular weight is 280 g/mol. The fourth-order valence-electron chi connectivity index (χ4n) is 2.24. The number of benzene rings is 1. The Hall–Kier alpha value is -2.96. The third kappa shape index (κ3) is 2.08. The van der Waals surface area contributed by atoms with E-state index in [1.54, 1.807) is 6.07 Å². The summed E-state index contributed by atoms with van der Waals surface area (Å²) in [6, 6.07) is 13.6. The van der Waals surface area contributed by atoms with Crippen LogP contribution in [0.5, 0.6) is 0 Å². The van der Waals surface area contributed by atoms with Crippen LogP contribution in [0.2, 0.25) is 0 Å². The topological polar surface area (TPSA) is 81.1 Å². The predicted molar refractivity (Wildman–Crippen MR) is 76.8 cm³/mol. The van der Waals surface area contributed by atoms with Gasteiger partial charge in [0.2, 0.25) is 0 Å². The van der Waals surface area contributed by atoms with Crippen molar-refractivity contribution in [3.63, 3.8) is 0 Å². The van der Waals surface area contributed by atoms with Crippen LogP contribution in [0.3, 0.4) is 0 Å². The smallest absolute Gasteiger partial charge is 0.200 e. The van der Waals surface area contributed by atoms with Gasteiger partial charge in [-0.05, 0) is 41.6 Å². The minimum atomic E-state index is -0.0150. The van der Waals surface area contributed by atoms with Gasteiger partial charge >= 0.3 is 0 Å². The molecule has 1 atom stereocenters. The highest BCUT2D eigenvalue weighted by molar-refractivity contribution is 5.77. The van der Waals surface area contributed by atoms with E-state index in [9.17, 15) is 0 Å². The molecule has 4 rings (SSSR count). The molecule has 3 aromatic heterocycles. The van der Waals surface area contributed by atoms with E-state index in [2.05, 4.69) is 25.9 Å². The van der Waals surface area contributed by atoms with Crippen LogP contribution >= 0.6 is 0 Å². The van der Waals surface area contributed by atoms with Crippen molar-refractivity contribution in [3.8, 4) is 0 Å². The number of furan rings is 1. The lowest BCUT2D eigenvalue weighted by Gasteiger charge is -2.11. The monoisotopic (exact) mass is 280 g/mol. The number of aromatic nitrogens is 5. The summed E-state index contributed by atoms with van der Waals surface area (Å²) in [5, 5.41) is 19.8. The molecule has 0 fully saturated rings. The minimum Gasteiger partial charge on any atom is -0.459 e. The van der Waals surface area contributed by atoms with Crippen molar-refractivity contribution in [2.75, 3.05) is 5.32 Å². The van der Waals surface area contributed by atoms with Crippen molar-refractivity contribution in [2.24, 2.45) is 0 Å². The molecule has 0 spiro atoms. The van der Waals surface area contributed by atoms with Crippen molar-refractivity contribution in [3.05, 3.63) is 48.2 Å². The van der Waals surface area contributed by atoms with Gasteiger partial charge in [0.15, 0.2) is 5.65 Å². The zero-order valence-corrected chi connectivity index (χ0v) is 11.3. The fraction of sp³-hybridized carbons (Fsp3) is 0.143. The van der Waals surface area contributed by atoms with E-state index in [-0.39, 0.29) is 6.04 Å². The lowest BCUT2D eigenvalue weighted by Crippen LogP contribution is -2.09. The maximum atomic E-state index is 5.84. The number of rotatable bonds is 3. The summed E-state index contributed by atoms with van der Waals surface area (Å²) in [5.74, 6) is 1.54. The summed E-state index contributed by atoms with van der Waals surface area (Å²) >= 11 is 0. The molecule has 0 radical (unpaired) electrons. The number of fused-ring (bicyclic) bond motifs is 2. The molecule has 3 heterocycles. The largest absolute Gasteiger partial charge is 0.459 e. The number of hydrogen-bond donors (Lipinski definition) is 1. The molecule has 7 heteroatoms. The Morgan fingerprint density at radius 2 is 2.10 bits per heavy atom. The van der Waals surface area contributed by atoms with E-state index in [0.29, 0.717) is 11.5 Å². The van der Waals surface area contributed by atoms with Crippen molar-refractivity contribution in [1.29, 1.82) is 0 Å². The molecule has 0 unspecified atom stereocenters. The highest BCUT2D eigenvalue weighted by Gasteiger charge is 2.12. The van der Waals surface area contributed by atoms with Crippen LogP contribution in [0.15, 0.2) is 46.9 Å². The number of nitrogens with one attached hydrogen (secondary N) is 1. The Kier molecular flexibility index (Phi) is 2.56. The van der Waals surface area contributed by atoms with E-state index >= 15 is 0 Å². The van der Waals surface area contributed by atoms with E-state index < -0.39 is 0 Å². The maximum Gasteiger partial charge on any atom is 0.200 e. The minimum absolute atomic E-state index is 0.0150. The Morgan fingerprint density at radius 3 is 3.00 bits per heavy atom. The normalized spacial score (nSPS) is 12.8. The van der Waals surface area contributed by atoms with E-state index in [4.69, 9.17) is 4.42 Å². The van der Waals surface area contributed by atoms with Crippen molar-refractivity contribution in [1.82, 2.24) is 25.3 Å². The number of anilines is 1. The van der Waals surface area contributed by atoms with Gasteiger partial charge < -0.3 is 9.73 Å². The fourth-order valence-corrected chi connectivity index (χ4v) is 2.24. The molecule has 0 aliphatic heterocycles. The number of para-hydroxylation sites is 1. The van der Waals surface area contributed by atoms with Crippen LogP contribution in [0.4, 0.5) is 5.82 Å². The number of hydrogen-bond acceptors (Lipinski definition) is 6. The number of nitrogens with zero attached hydrogens (tertiary/aromatic N) is 5. The summed E-state index contributed by atoms with van der Waals surface area (Å²) in [5.41, 5.74) is 1.49. The molecule has 0 aliphatic rings. The molecular formula is C14H12N6O. The first-order valence-electron chi connectivity index (χ1n) is 6.60. The van der Waals surface area contributed by atoms with Gasteiger partial charge in [-0.1, -0.05) is 18.2 Å². The standard InChI is InChI=1S/C14H12N6O/c1-9(12-8-10-4-2-3-5-11(10)21-12)15-13-6-7-14-16-18-19-20(14)17-13/h2-9H,1H3,(H,15,17)/t9-/m0/s1. The zero-order valence-electron chi connectivity index (χ0n) is 11.3. The first-order valence-corrected chi connectivity index (χ1v) is 6.60. The summed E-state index contributed by atoms with van der Waals surface area (Å²) in [6.07, 6.45) is 0. The third-order valence-corrected chi connectivity index (χ3v) is 3.31. The van der Waals surface area contributed by atoms with Crippen molar-refractivity contribution in [2.45, 2.75) is 13.0 Å². The lowest BCUT2D eigenvalue weighted by molar-refractivity contribution is 0.525. The molecule has 0 saturated carbocycles. The average Bonchev–Trinajstić information content (AvgIpc) is 3.13. The van der Waals surface area contributed by atoms with Gasteiger partial charge in [0.05, 0.1) is 6.04 Å². The summed E-state index contributed by atoms with van der Waals surface area (Å²) in [6.45, 7) is 2.02. The predicted octanol–water partition coefficient (Wildman–Crippen LogP) is 2.44. The van der Waals surface area contributed by atoms with E-state index in [1.165, 1.54) is 4.63 Å². The second-order valence-electron chi connectivity index (χ2n) is 4.80. The molecule has 104 valence electrons. The molecule has 21 heavy (non-hydrogen) atoms. The van der Waals surface area contributed by atoms with Gasteiger partial charge in [-0.15, -0.1) is 14.8 Å². The third-order valence-electron chi connectivity index (χ3n) is 3.31. The highest BCUT2D eigenvalue weighted by atomic mass is 16.3. The molecule has 0 amide bonds. The first kappa shape index (κ1) is 11.8. The van der Waals surface area contributed by atoms with Gasteiger partial charge in [-0.3, -0.25) is 0 Å². The molecule has 0 bridgehead atoms. The molecule has 0 aliphatic carbocycles. The zero-order chi connectivity index (χ0) is 14.2. The lowest BCUT2D eigenvalue weighted by atomic mass is 10.2. The Morgan fingerprint density at radius 1 is 1.19 bits per heavy atom. The summed E-state index contributed by atoms with van der Waals surface area (Å²) in [4.78, 5) is 0. The Balaban J connectivity index is 1.63. The molecular weight excluding hydrogens is 268 g/mol. The van der Waals surface area contributed by atoms with Gasteiger partial charge in [0.1, 0.15) is 17.2 Å². The van der Waals surface area contributed by atoms with Crippen molar-refractivity contribution < 1.29 is 4.42 Å². The van der Waals surface area contributed by atoms with Gasteiger partial charge in [0.25, 0.3) is 0 Å². The van der Waals surface area contributed by atoms with E-state index in [0.717, 1.165) is 16.7 Å². The SMILES string of the molecule is C[C@H](Nc1ccc2nnnn2n1)c1cc2ccccc2o1. The molecule has 7 nitrogen and oxygen atoms in total. The molecule has 4 aromatic rings. The molecule has 1 N–H and O–H groups in total. The van der Waals surface area contributed by atoms with Crippen LogP contribution in [0.25, 0.3) is 16.6 Å². The van der Waals surface area contributed by atoms with Crippen LogP contribution in [0.1, 0.15) is 18.7 Å². The highest BCUT2D eigenvalue weighted by Crippen LogP contribution is 2.25. The number of tetrazole rings is 1. The van der Waals surface area contributed by atoms with Gasteiger partial charge in [-0.25, -0.2) is 0 Å². The Labute approximate surface area is 119 Å². The Bertz CT molecular complexity index is 879. The quantitative estimate of drug-likeness (QED) is 0.620.